The van der Waals surface area contributed by atoms with Gasteiger partial charge >= 0.3 is 0 Å². The second-order valence-corrected chi connectivity index (χ2v) is 22.0. The number of hydrogen-bond acceptors (Lipinski definition) is 5. The molecule has 0 saturated heterocycles. The average molecular weight is 840 g/mol. The number of allylic oxidation sites excluding steroid dienone is 3. The molecule has 0 amide bonds. The van der Waals surface area contributed by atoms with Crippen molar-refractivity contribution >= 4 is 0 Å². The van der Waals surface area contributed by atoms with Crippen LogP contribution in [0.2, 0.25) is 0 Å². The van der Waals surface area contributed by atoms with Gasteiger partial charge in [0.1, 0.15) is 0 Å². The standard InChI is InChI=1S/C55H101NO4/c1-7-8-9-10-11-12-13-14-15-16-17-18-19-20-21-24-38-58-43-55(56,42-57)44-59-39-25-22-23-26-40-60-48-34-36-53(5)47(41-48)30-31-49-51-33-32-50(46(4)29-27-28-45(2)3)54(51,6)37-35-52(49)53/h14-15,30,45-46,48-52,57H,7-13,16-29,31-44,56H2,1-6H3/b15-14-/t46?,48-,49?,50?,51?,52?,53-,54+,55?/m0/s1. The lowest BCUT2D eigenvalue weighted by atomic mass is 9.47. The van der Waals surface area contributed by atoms with Crippen LogP contribution in [0.25, 0.3) is 0 Å². The summed E-state index contributed by atoms with van der Waals surface area (Å²) >= 11 is 0. The van der Waals surface area contributed by atoms with E-state index in [-0.39, 0.29) is 6.61 Å². The fourth-order valence-electron chi connectivity index (χ4n) is 12.8. The van der Waals surface area contributed by atoms with Gasteiger partial charge in [0.2, 0.25) is 0 Å². The number of aliphatic hydroxyl groups excluding tert-OH is 1. The molecular weight excluding hydrogens is 739 g/mol. The molecule has 0 aromatic heterocycles. The maximum atomic E-state index is 9.96. The number of hydrogen-bond donors (Lipinski definition) is 2. The Bertz CT molecular complexity index is 1180. The molecule has 4 rings (SSSR count). The summed E-state index contributed by atoms with van der Waals surface area (Å²) in [5, 5.41) is 9.96. The van der Waals surface area contributed by atoms with E-state index in [0.29, 0.717) is 43.4 Å². The van der Waals surface area contributed by atoms with Gasteiger partial charge in [-0.3, -0.25) is 0 Å². The molecule has 0 aliphatic heterocycles. The summed E-state index contributed by atoms with van der Waals surface area (Å²) in [6, 6.07) is 0. The van der Waals surface area contributed by atoms with Gasteiger partial charge in [0.25, 0.3) is 0 Å². The Labute approximate surface area is 373 Å². The maximum Gasteiger partial charge on any atom is 0.0862 e. The Morgan fingerprint density at radius 1 is 0.717 bits per heavy atom. The minimum atomic E-state index is -0.816. The molecule has 6 unspecified atom stereocenters. The molecule has 3 saturated carbocycles. The van der Waals surface area contributed by atoms with Gasteiger partial charge in [-0.1, -0.05) is 155 Å². The van der Waals surface area contributed by atoms with Gasteiger partial charge in [-0.2, -0.15) is 0 Å². The van der Waals surface area contributed by atoms with Crippen LogP contribution in [-0.2, 0) is 14.2 Å². The van der Waals surface area contributed by atoms with E-state index in [9.17, 15) is 5.11 Å². The van der Waals surface area contributed by atoms with Crippen LogP contribution in [-0.4, -0.2) is 56.4 Å². The highest BCUT2D eigenvalue weighted by Gasteiger charge is 2.59. The van der Waals surface area contributed by atoms with Crippen molar-refractivity contribution in [1.29, 1.82) is 0 Å². The third-order valence-corrected chi connectivity index (χ3v) is 16.7. The van der Waals surface area contributed by atoms with Gasteiger partial charge in [-0.05, 0) is 143 Å². The Kier molecular flexibility index (Phi) is 24.4. The molecule has 0 bridgehead atoms. The first-order valence-electron chi connectivity index (χ1n) is 26.6. The third-order valence-electron chi connectivity index (χ3n) is 16.7. The van der Waals surface area contributed by atoms with Crippen molar-refractivity contribution in [3.8, 4) is 0 Å². The third kappa shape index (κ3) is 16.7. The minimum absolute atomic E-state index is 0.116. The number of ether oxygens (including phenoxy) is 3. The van der Waals surface area contributed by atoms with Crippen LogP contribution in [0.1, 0.15) is 228 Å². The highest BCUT2D eigenvalue weighted by atomic mass is 16.5. The second kappa shape index (κ2) is 28.2. The van der Waals surface area contributed by atoms with Crippen molar-refractivity contribution in [2.45, 2.75) is 239 Å². The largest absolute Gasteiger partial charge is 0.394 e. The summed E-state index contributed by atoms with van der Waals surface area (Å²) in [6.45, 7) is 17.9. The number of rotatable bonds is 34. The zero-order chi connectivity index (χ0) is 43.1. The molecule has 0 spiro atoms. The van der Waals surface area contributed by atoms with Crippen molar-refractivity contribution in [3.63, 3.8) is 0 Å². The normalized spacial score (nSPS) is 29.4. The summed E-state index contributed by atoms with van der Waals surface area (Å²) in [4.78, 5) is 0. The number of fused-ring (bicyclic) bond motifs is 5. The van der Waals surface area contributed by atoms with Gasteiger partial charge in [0.15, 0.2) is 0 Å². The molecule has 5 heteroatoms. The van der Waals surface area contributed by atoms with Gasteiger partial charge in [-0.25, -0.2) is 0 Å². The van der Waals surface area contributed by atoms with Gasteiger partial charge in [0.05, 0.1) is 31.5 Å². The van der Waals surface area contributed by atoms with E-state index in [1.54, 1.807) is 5.57 Å². The quantitative estimate of drug-likeness (QED) is 0.0499. The first kappa shape index (κ1) is 51.9. The fraction of sp³-hybridized carbons (Fsp3) is 0.927. The topological polar surface area (TPSA) is 73.9 Å². The molecule has 5 nitrogen and oxygen atoms in total. The highest BCUT2D eigenvalue weighted by molar-refractivity contribution is 5.25. The number of nitrogens with two attached hydrogens (primary N) is 1. The van der Waals surface area contributed by atoms with Crippen LogP contribution in [0.5, 0.6) is 0 Å². The zero-order valence-electron chi connectivity index (χ0n) is 40.8. The van der Waals surface area contributed by atoms with Crippen LogP contribution in [0.3, 0.4) is 0 Å². The lowest BCUT2D eigenvalue weighted by Gasteiger charge is -2.58. The van der Waals surface area contributed by atoms with Crippen LogP contribution in [0.4, 0.5) is 0 Å². The van der Waals surface area contributed by atoms with Crippen LogP contribution in [0.15, 0.2) is 23.8 Å². The van der Waals surface area contributed by atoms with Gasteiger partial charge in [0, 0.05) is 19.8 Å². The SMILES string of the molecule is CCCCCCCC/C=C\CCCCCCCCOCC(N)(CO)COCCCCCCO[C@H]1CC[C@@]2(C)C(=CCC3C4CCC(C(C)CCCC(C)C)[C@@]4(C)CCC32)C1. The van der Waals surface area contributed by atoms with Gasteiger partial charge < -0.3 is 25.1 Å². The van der Waals surface area contributed by atoms with Crippen LogP contribution < -0.4 is 5.73 Å². The Balaban J connectivity index is 0.978. The Morgan fingerprint density at radius 3 is 1.93 bits per heavy atom. The Morgan fingerprint density at radius 2 is 1.32 bits per heavy atom. The monoisotopic (exact) mass is 840 g/mol. The fourth-order valence-corrected chi connectivity index (χ4v) is 12.8. The highest BCUT2D eigenvalue weighted by Crippen LogP contribution is 2.67. The van der Waals surface area contributed by atoms with E-state index in [4.69, 9.17) is 19.9 Å². The van der Waals surface area contributed by atoms with E-state index < -0.39 is 5.54 Å². The minimum Gasteiger partial charge on any atom is -0.394 e. The molecule has 60 heavy (non-hydrogen) atoms. The summed E-state index contributed by atoms with van der Waals surface area (Å²) in [6.07, 6.45) is 45.8. The Hall–Kier alpha value is -0.720. The summed E-state index contributed by atoms with van der Waals surface area (Å²) in [5.41, 5.74) is 8.34. The van der Waals surface area contributed by atoms with Crippen molar-refractivity contribution in [2.75, 3.05) is 39.6 Å². The maximum absolute atomic E-state index is 9.96. The summed E-state index contributed by atoms with van der Waals surface area (Å²) < 4.78 is 18.4. The van der Waals surface area contributed by atoms with Crippen molar-refractivity contribution in [3.05, 3.63) is 23.8 Å². The van der Waals surface area contributed by atoms with Crippen LogP contribution >= 0.6 is 0 Å². The van der Waals surface area contributed by atoms with E-state index >= 15 is 0 Å². The average Bonchev–Trinajstić information content (AvgIpc) is 3.60. The van der Waals surface area contributed by atoms with E-state index in [1.165, 1.54) is 154 Å². The lowest BCUT2D eigenvalue weighted by Crippen LogP contribution is -2.52. The van der Waals surface area contributed by atoms with E-state index in [2.05, 4.69) is 59.8 Å². The summed E-state index contributed by atoms with van der Waals surface area (Å²) in [7, 11) is 0. The van der Waals surface area contributed by atoms with E-state index in [0.717, 1.165) is 74.2 Å². The molecule has 0 radical (unpaired) electrons. The molecule has 3 fully saturated rings. The predicted octanol–water partition coefficient (Wildman–Crippen LogP) is 14.7. The molecule has 350 valence electrons. The van der Waals surface area contributed by atoms with E-state index in [1.807, 2.05) is 0 Å². The predicted molar refractivity (Wildman–Crippen MR) is 256 cm³/mol. The van der Waals surface area contributed by atoms with Crippen molar-refractivity contribution in [1.82, 2.24) is 0 Å². The molecule has 4 aliphatic carbocycles. The first-order chi connectivity index (χ1) is 29.1. The molecule has 3 N–H and O–H groups in total. The molecule has 4 aliphatic rings. The van der Waals surface area contributed by atoms with Crippen molar-refractivity contribution in [2.24, 2.45) is 52.1 Å². The molecule has 0 aromatic carbocycles. The van der Waals surface area contributed by atoms with Crippen molar-refractivity contribution < 1.29 is 19.3 Å². The molecule has 9 atom stereocenters. The smallest absolute Gasteiger partial charge is 0.0862 e. The van der Waals surface area contributed by atoms with Crippen LogP contribution in [0, 0.1) is 46.3 Å². The number of unbranched alkanes of at least 4 members (excludes halogenated alkanes) is 15. The molecular formula is C55H101NO4. The number of aliphatic hydroxyl groups is 1. The first-order valence-corrected chi connectivity index (χ1v) is 26.6. The molecule has 0 aromatic rings. The van der Waals surface area contributed by atoms with Gasteiger partial charge in [-0.15, -0.1) is 0 Å². The zero-order valence-corrected chi connectivity index (χ0v) is 40.8. The second-order valence-electron chi connectivity index (χ2n) is 22.0. The molecule has 0 heterocycles. The lowest BCUT2D eigenvalue weighted by molar-refractivity contribution is -0.0641. The summed E-state index contributed by atoms with van der Waals surface area (Å²) in [5.74, 6) is 5.39.